The van der Waals surface area contributed by atoms with Crippen LogP contribution in [0.15, 0.2) is 24.3 Å². The topological polar surface area (TPSA) is 51.2 Å². The van der Waals surface area contributed by atoms with E-state index in [-0.39, 0.29) is 17.3 Å². The van der Waals surface area contributed by atoms with Crippen LogP contribution in [0.4, 0.5) is 0 Å². The fourth-order valence-corrected chi connectivity index (χ4v) is 3.05. The van der Waals surface area contributed by atoms with Gasteiger partial charge >= 0.3 is 0 Å². The molecule has 0 fully saturated rings. The zero-order valence-electron chi connectivity index (χ0n) is 11.1. The number of rotatable bonds is 6. The molecule has 0 aliphatic rings. The third-order valence-electron chi connectivity index (χ3n) is 2.77. The first kappa shape index (κ1) is 14.9. The maximum absolute atomic E-state index is 11.8. The summed E-state index contributed by atoms with van der Waals surface area (Å²) in [5, 5.41) is 0. The zero-order valence-corrected chi connectivity index (χ0v) is 12.0. The number of ketones is 1. The lowest BCUT2D eigenvalue weighted by molar-refractivity contribution is 0.102. The van der Waals surface area contributed by atoms with Gasteiger partial charge in [0.25, 0.3) is 0 Å². The average Bonchev–Trinajstić information content (AvgIpc) is 2.28. The molecule has 0 radical (unpaired) electrons. The Morgan fingerprint density at radius 1 is 1.17 bits per heavy atom. The lowest BCUT2D eigenvalue weighted by Crippen LogP contribution is -2.18. The van der Waals surface area contributed by atoms with Gasteiger partial charge in [-0.3, -0.25) is 4.79 Å². The van der Waals surface area contributed by atoms with Gasteiger partial charge in [0, 0.05) is 5.56 Å². The van der Waals surface area contributed by atoms with Crippen LogP contribution in [0.1, 0.15) is 49.0 Å². The van der Waals surface area contributed by atoms with Crippen LogP contribution in [-0.4, -0.2) is 25.7 Å². The molecule has 4 heteroatoms. The maximum atomic E-state index is 11.8. The van der Waals surface area contributed by atoms with Gasteiger partial charge in [0.15, 0.2) is 15.6 Å². The second-order valence-corrected chi connectivity index (χ2v) is 6.98. The average molecular weight is 268 g/mol. The second kappa shape index (κ2) is 6.14. The molecule has 0 saturated heterocycles. The van der Waals surface area contributed by atoms with Crippen molar-refractivity contribution in [2.24, 2.45) is 0 Å². The summed E-state index contributed by atoms with van der Waals surface area (Å²) in [6, 6.07) is 7.17. The van der Waals surface area contributed by atoms with Crippen molar-refractivity contribution in [3.63, 3.8) is 0 Å². The van der Waals surface area contributed by atoms with E-state index in [1.54, 1.807) is 19.1 Å². The van der Waals surface area contributed by atoms with Gasteiger partial charge < -0.3 is 0 Å². The summed E-state index contributed by atoms with van der Waals surface area (Å²) in [6.45, 7) is 5.94. The first-order valence-corrected chi connectivity index (χ1v) is 8.01. The fraction of sp³-hybridized carbons (Fsp3) is 0.500. The Labute approximate surface area is 109 Å². The van der Waals surface area contributed by atoms with Crippen LogP contribution in [0, 0.1) is 0 Å². The van der Waals surface area contributed by atoms with Gasteiger partial charge in [-0.15, -0.1) is 0 Å². The van der Waals surface area contributed by atoms with Gasteiger partial charge in [0.1, 0.15) is 5.75 Å². The van der Waals surface area contributed by atoms with E-state index >= 15 is 0 Å². The van der Waals surface area contributed by atoms with E-state index in [0.717, 1.165) is 5.56 Å². The van der Waals surface area contributed by atoms with Crippen LogP contribution in [0.25, 0.3) is 0 Å². The van der Waals surface area contributed by atoms with Crippen molar-refractivity contribution in [3.8, 4) is 0 Å². The van der Waals surface area contributed by atoms with Crippen molar-refractivity contribution in [1.82, 2.24) is 0 Å². The number of Topliss-reactive ketones (excluding diaryl/α,β-unsaturated/α-hetero) is 1. The molecule has 0 bridgehead atoms. The molecule has 100 valence electrons. The van der Waals surface area contributed by atoms with Crippen LogP contribution in [0.5, 0.6) is 0 Å². The maximum Gasteiger partial charge on any atom is 0.177 e. The van der Waals surface area contributed by atoms with Crippen molar-refractivity contribution >= 4 is 15.6 Å². The van der Waals surface area contributed by atoms with Gasteiger partial charge in [-0.05, 0) is 17.9 Å². The van der Waals surface area contributed by atoms with Gasteiger partial charge in [0.05, 0.1) is 5.75 Å². The minimum atomic E-state index is -3.26. The van der Waals surface area contributed by atoms with Crippen molar-refractivity contribution in [1.29, 1.82) is 0 Å². The molecule has 1 aromatic carbocycles. The molecule has 0 aromatic heterocycles. The minimum absolute atomic E-state index is 0.0722. The molecule has 0 amide bonds. The molecule has 0 atom stereocenters. The summed E-state index contributed by atoms with van der Waals surface area (Å²) in [5.74, 6) is -0.234. The van der Waals surface area contributed by atoms with Crippen molar-refractivity contribution < 1.29 is 13.2 Å². The largest absolute Gasteiger partial charge is 0.293 e. The monoisotopic (exact) mass is 268 g/mol. The smallest absolute Gasteiger partial charge is 0.177 e. The molecule has 0 unspecified atom stereocenters. The molecule has 0 N–H and O–H groups in total. The van der Waals surface area contributed by atoms with Gasteiger partial charge in [-0.2, -0.15) is 0 Å². The fourth-order valence-electron chi connectivity index (χ4n) is 1.72. The molecular weight excluding hydrogens is 248 g/mol. The van der Waals surface area contributed by atoms with Gasteiger partial charge in [-0.1, -0.05) is 45.0 Å². The zero-order chi connectivity index (χ0) is 13.8. The van der Waals surface area contributed by atoms with E-state index < -0.39 is 9.84 Å². The van der Waals surface area contributed by atoms with Crippen molar-refractivity contribution in [3.05, 3.63) is 35.4 Å². The summed E-state index contributed by atoms with van der Waals surface area (Å²) in [7, 11) is -3.26. The number of benzene rings is 1. The Bertz CT molecular complexity index is 498. The summed E-state index contributed by atoms with van der Waals surface area (Å²) in [5.41, 5.74) is 1.61. The molecule has 1 aromatic rings. The van der Waals surface area contributed by atoms with E-state index in [0.29, 0.717) is 17.9 Å². The quantitative estimate of drug-likeness (QED) is 0.745. The minimum Gasteiger partial charge on any atom is -0.293 e. The normalized spacial score (nSPS) is 11.8. The summed E-state index contributed by atoms with van der Waals surface area (Å²) < 4.78 is 23.1. The molecule has 3 nitrogen and oxygen atoms in total. The summed E-state index contributed by atoms with van der Waals surface area (Å²) >= 11 is 0. The SMILES string of the molecule is CCCS(=O)(=O)CC(=O)c1ccc(C(C)C)cc1. The highest BCUT2D eigenvalue weighted by molar-refractivity contribution is 7.92. The highest BCUT2D eigenvalue weighted by Crippen LogP contribution is 2.15. The van der Waals surface area contributed by atoms with E-state index in [9.17, 15) is 13.2 Å². The van der Waals surface area contributed by atoms with E-state index in [1.165, 1.54) is 0 Å². The van der Waals surface area contributed by atoms with Crippen LogP contribution >= 0.6 is 0 Å². The molecule has 18 heavy (non-hydrogen) atoms. The summed E-state index contributed by atoms with van der Waals surface area (Å²) in [4.78, 5) is 11.8. The lowest BCUT2D eigenvalue weighted by atomic mass is 10.0. The molecule has 0 spiro atoms. The Morgan fingerprint density at radius 3 is 2.17 bits per heavy atom. The molecule has 0 heterocycles. The van der Waals surface area contributed by atoms with Crippen LogP contribution in [-0.2, 0) is 9.84 Å². The number of carbonyl (C=O) groups excluding carboxylic acids is 1. The van der Waals surface area contributed by atoms with Crippen LogP contribution in [0.3, 0.4) is 0 Å². The Hall–Kier alpha value is -1.16. The number of carbonyl (C=O) groups is 1. The second-order valence-electron chi connectivity index (χ2n) is 4.79. The first-order chi connectivity index (χ1) is 8.35. The van der Waals surface area contributed by atoms with Gasteiger partial charge in [-0.25, -0.2) is 8.42 Å². The first-order valence-electron chi connectivity index (χ1n) is 6.19. The third-order valence-corrected chi connectivity index (χ3v) is 4.50. The predicted molar refractivity (Wildman–Crippen MR) is 73.8 cm³/mol. The molecule has 0 aliphatic carbocycles. The van der Waals surface area contributed by atoms with Gasteiger partial charge in [0.2, 0.25) is 0 Å². The highest BCUT2D eigenvalue weighted by atomic mass is 32.2. The Morgan fingerprint density at radius 2 is 1.72 bits per heavy atom. The molecule has 0 aliphatic heterocycles. The van der Waals surface area contributed by atoms with E-state index in [4.69, 9.17) is 0 Å². The Kier molecular flexibility index (Phi) is 5.08. The van der Waals surface area contributed by atoms with E-state index in [1.807, 2.05) is 12.1 Å². The number of hydrogen-bond acceptors (Lipinski definition) is 3. The Balaban J connectivity index is 2.79. The van der Waals surface area contributed by atoms with Crippen LogP contribution in [0.2, 0.25) is 0 Å². The number of hydrogen-bond donors (Lipinski definition) is 0. The molecule has 1 rings (SSSR count). The third kappa shape index (κ3) is 4.26. The number of sulfone groups is 1. The lowest BCUT2D eigenvalue weighted by Gasteiger charge is -2.06. The summed E-state index contributed by atoms with van der Waals surface area (Å²) in [6.07, 6.45) is 0.544. The predicted octanol–water partition coefficient (Wildman–Crippen LogP) is 2.82. The van der Waals surface area contributed by atoms with E-state index in [2.05, 4.69) is 13.8 Å². The van der Waals surface area contributed by atoms with Crippen LogP contribution < -0.4 is 0 Å². The highest BCUT2D eigenvalue weighted by Gasteiger charge is 2.17. The molecular formula is C14H20O3S. The molecule has 0 saturated carbocycles. The van der Waals surface area contributed by atoms with Crippen molar-refractivity contribution in [2.45, 2.75) is 33.1 Å². The van der Waals surface area contributed by atoms with Crippen molar-refractivity contribution in [2.75, 3.05) is 11.5 Å². The standard InChI is InChI=1S/C14H20O3S/c1-4-9-18(16,17)10-14(15)13-7-5-12(6-8-13)11(2)3/h5-8,11H,4,9-10H2,1-3H3.